The maximum Gasteiger partial charge on any atom is 0.224 e. The summed E-state index contributed by atoms with van der Waals surface area (Å²) in [6, 6.07) is 8.33. The van der Waals surface area contributed by atoms with Crippen molar-refractivity contribution in [3.05, 3.63) is 29.8 Å². The molecule has 1 atom stereocenters. The molecule has 2 rings (SSSR count). The normalized spacial score (nSPS) is 16.1. The van der Waals surface area contributed by atoms with Gasteiger partial charge in [0.15, 0.2) is 0 Å². The standard InChI is InChI=1S/C16H24N2O/c1-3-10-17-12(2)14-6-4-5-7-15(14)18-16(19)11-13-8-9-13/h4-7,12-13,17H,3,8-11H2,1-2H3,(H,18,19). The lowest BCUT2D eigenvalue weighted by Crippen LogP contribution is -2.21. The second-order valence-corrected chi connectivity index (χ2v) is 5.46. The van der Waals surface area contributed by atoms with Crippen LogP contribution in [0.3, 0.4) is 0 Å². The molecule has 0 radical (unpaired) electrons. The third-order valence-corrected chi connectivity index (χ3v) is 3.57. The van der Waals surface area contributed by atoms with E-state index in [4.69, 9.17) is 0 Å². The molecule has 0 bridgehead atoms. The Kier molecular flexibility index (Phi) is 4.97. The van der Waals surface area contributed by atoms with Gasteiger partial charge in [-0.1, -0.05) is 25.1 Å². The lowest BCUT2D eigenvalue weighted by atomic mass is 10.1. The Balaban J connectivity index is 1.99. The highest BCUT2D eigenvalue weighted by Gasteiger charge is 2.24. The second-order valence-electron chi connectivity index (χ2n) is 5.46. The number of hydrogen-bond donors (Lipinski definition) is 2. The van der Waals surface area contributed by atoms with Crippen LogP contribution in [0.1, 0.15) is 51.1 Å². The van der Waals surface area contributed by atoms with Gasteiger partial charge in [-0.2, -0.15) is 0 Å². The maximum absolute atomic E-state index is 11.9. The van der Waals surface area contributed by atoms with E-state index in [0.717, 1.165) is 18.7 Å². The van der Waals surface area contributed by atoms with Crippen LogP contribution in [0.5, 0.6) is 0 Å². The van der Waals surface area contributed by atoms with Crippen molar-refractivity contribution in [1.29, 1.82) is 0 Å². The molecule has 1 saturated carbocycles. The van der Waals surface area contributed by atoms with Gasteiger partial charge in [-0.25, -0.2) is 0 Å². The van der Waals surface area contributed by atoms with Gasteiger partial charge in [0.1, 0.15) is 0 Å². The fourth-order valence-electron chi connectivity index (χ4n) is 2.24. The van der Waals surface area contributed by atoms with Crippen LogP contribution in [0, 0.1) is 5.92 Å². The van der Waals surface area contributed by atoms with E-state index in [9.17, 15) is 4.79 Å². The highest BCUT2D eigenvalue weighted by atomic mass is 16.1. The zero-order chi connectivity index (χ0) is 13.7. The van der Waals surface area contributed by atoms with Crippen LogP contribution < -0.4 is 10.6 Å². The van der Waals surface area contributed by atoms with Gasteiger partial charge in [0.05, 0.1) is 0 Å². The number of amides is 1. The van der Waals surface area contributed by atoms with E-state index >= 15 is 0 Å². The highest BCUT2D eigenvalue weighted by molar-refractivity contribution is 5.91. The highest BCUT2D eigenvalue weighted by Crippen LogP contribution is 2.33. The summed E-state index contributed by atoms with van der Waals surface area (Å²) >= 11 is 0. The molecule has 0 aromatic heterocycles. The predicted octanol–water partition coefficient (Wildman–Crippen LogP) is 3.49. The third kappa shape index (κ3) is 4.35. The van der Waals surface area contributed by atoms with Crippen LogP contribution in [-0.2, 0) is 4.79 Å². The first kappa shape index (κ1) is 14.1. The van der Waals surface area contributed by atoms with Gasteiger partial charge < -0.3 is 10.6 Å². The van der Waals surface area contributed by atoms with Gasteiger partial charge in [0.25, 0.3) is 0 Å². The Morgan fingerprint density at radius 3 is 2.79 bits per heavy atom. The minimum absolute atomic E-state index is 0.151. The van der Waals surface area contributed by atoms with E-state index in [-0.39, 0.29) is 11.9 Å². The van der Waals surface area contributed by atoms with Gasteiger partial charge in [-0.05, 0) is 50.3 Å². The molecule has 0 spiro atoms. The Morgan fingerprint density at radius 2 is 2.11 bits per heavy atom. The van der Waals surface area contributed by atoms with Crippen molar-refractivity contribution in [2.24, 2.45) is 5.92 Å². The number of rotatable bonds is 7. The van der Waals surface area contributed by atoms with E-state index in [1.165, 1.54) is 18.4 Å². The molecule has 2 N–H and O–H groups in total. The van der Waals surface area contributed by atoms with Crippen LogP contribution >= 0.6 is 0 Å². The average Bonchev–Trinajstić information content (AvgIpc) is 3.20. The van der Waals surface area contributed by atoms with E-state index in [2.05, 4.69) is 30.5 Å². The molecule has 1 aromatic rings. The van der Waals surface area contributed by atoms with Crippen molar-refractivity contribution in [1.82, 2.24) is 5.32 Å². The van der Waals surface area contributed by atoms with Crippen LogP contribution in [0.25, 0.3) is 0 Å². The summed E-state index contributed by atoms with van der Waals surface area (Å²) in [6.45, 7) is 5.29. The maximum atomic E-state index is 11.9. The van der Waals surface area contributed by atoms with E-state index in [1.54, 1.807) is 0 Å². The Bertz CT molecular complexity index is 427. The molecule has 0 saturated heterocycles. The molecular formula is C16H24N2O. The molecule has 1 fully saturated rings. The molecule has 1 aromatic carbocycles. The average molecular weight is 260 g/mol. The van der Waals surface area contributed by atoms with Gasteiger partial charge in [0.2, 0.25) is 5.91 Å². The lowest BCUT2D eigenvalue weighted by Gasteiger charge is -2.18. The lowest BCUT2D eigenvalue weighted by molar-refractivity contribution is -0.116. The smallest absolute Gasteiger partial charge is 0.224 e. The summed E-state index contributed by atoms with van der Waals surface area (Å²) in [5.41, 5.74) is 2.12. The molecule has 1 unspecified atom stereocenters. The summed E-state index contributed by atoms with van der Waals surface area (Å²) < 4.78 is 0. The molecule has 3 heteroatoms. The minimum Gasteiger partial charge on any atom is -0.326 e. The quantitative estimate of drug-likeness (QED) is 0.788. The number of benzene rings is 1. The van der Waals surface area contributed by atoms with Gasteiger partial charge in [-0.3, -0.25) is 4.79 Å². The van der Waals surface area contributed by atoms with Crippen molar-refractivity contribution in [2.75, 3.05) is 11.9 Å². The topological polar surface area (TPSA) is 41.1 Å². The van der Waals surface area contributed by atoms with Crippen molar-refractivity contribution < 1.29 is 4.79 Å². The van der Waals surface area contributed by atoms with E-state index in [0.29, 0.717) is 12.3 Å². The first-order valence-corrected chi connectivity index (χ1v) is 7.33. The summed E-state index contributed by atoms with van der Waals surface area (Å²) in [5, 5.41) is 6.52. The van der Waals surface area contributed by atoms with Gasteiger partial charge >= 0.3 is 0 Å². The number of para-hydroxylation sites is 1. The summed E-state index contributed by atoms with van der Waals surface area (Å²) in [5.74, 6) is 0.778. The summed E-state index contributed by atoms with van der Waals surface area (Å²) in [6.07, 6.45) is 4.21. The molecule has 0 heterocycles. The Hall–Kier alpha value is -1.35. The number of hydrogen-bond acceptors (Lipinski definition) is 2. The summed E-state index contributed by atoms with van der Waals surface area (Å²) in [7, 11) is 0. The van der Waals surface area contributed by atoms with Gasteiger partial charge in [-0.15, -0.1) is 0 Å². The molecule has 104 valence electrons. The monoisotopic (exact) mass is 260 g/mol. The number of carbonyl (C=O) groups is 1. The van der Waals surface area contributed by atoms with Gasteiger partial charge in [0, 0.05) is 18.2 Å². The van der Waals surface area contributed by atoms with Crippen LogP contribution in [0.2, 0.25) is 0 Å². The molecule has 1 aliphatic rings. The minimum atomic E-state index is 0.151. The fourth-order valence-corrected chi connectivity index (χ4v) is 2.24. The third-order valence-electron chi connectivity index (χ3n) is 3.57. The van der Waals surface area contributed by atoms with Crippen LogP contribution in [0.4, 0.5) is 5.69 Å². The fraction of sp³-hybridized carbons (Fsp3) is 0.562. The number of anilines is 1. The van der Waals surface area contributed by atoms with Crippen molar-refractivity contribution in [3.63, 3.8) is 0 Å². The second kappa shape index (κ2) is 6.71. The molecular weight excluding hydrogens is 236 g/mol. The number of carbonyl (C=O) groups excluding carboxylic acids is 1. The Morgan fingerprint density at radius 1 is 1.37 bits per heavy atom. The molecule has 1 aliphatic carbocycles. The predicted molar refractivity (Wildman–Crippen MR) is 79.1 cm³/mol. The SMILES string of the molecule is CCCNC(C)c1ccccc1NC(=O)CC1CC1. The van der Waals surface area contributed by atoms with E-state index < -0.39 is 0 Å². The first-order valence-electron chi connectivity index (χ1n) is 7.33. The van der Waals surface area contributed by atoms with Crippen LogP contribution in [-0.4, -0.2) is 12.5 Å². The zero-order valence-electron chi connectivity index (χ0n) is 11.9. The molecule has 3 nitrogen and oxygen atoms in total. The zero-order valence-corrected chi connectivity index (χ0v) is 11.9. The van der Waals surface area contributed by atoms with Crippen LogP contribution in [0.15, 0.2) is 24.3 Å². The molecule has 1 amide bonds. The largest absolute Gasteiger partial charge is 0.326 e. The number of nitrogens with one attached hydrogen (secondary N) is 2. The summed E-state index contributed by atoms with van der Waals surface area (Å²) in [4.78, 5) is 11.9. The Labute approximate surface area is 115 Å². The molecule has 0 aliphatic heterocycles. The molecule has 19 heavy (non-hydrogen) atoms. The van der Waals surface area contributed by atoms with Crippen molar-refractivity contribution in [3.8, 4) is 0 Å². The van der Waals surface area contributed by atoms with E-state index in [1.807, 2.05) is 18.2 Å². The van der Waals surface area contributed by atoms with Crippen molar-refractivity contribution in [2.45, 2.75) is 45.6 Å². The first-order chi connectivity index (χ1) is 9.20. The van der Waals surface area contributed by atoms with Crippen molar-refractivity contribution >= 4 is 11.6 Å².